The SMILES string of the molecule is Cc1[nH]nc(CNC2CC2)c1S(=O)(=O)NCc1ncon1. The Bertz CT molecular complexity index is 704. The molecule has 1 fully saturated rings. The van der Waals surface area contributed by atoms with Gasteiger partial charge in [-0.2, -0.15) is 10.1 Å². The van der Waals surface area contributed by atoms with Crippen molar-refractivity contribution in [3.05, 3.63) is 23.6 Å². The highest BCUT2D eigenvalue weighted by atomic mass is 32.2. The summed E-state index contributed by atoms with van der Waals surface area (Å²) in [5.74, 6) is 0.275. The quantitative estimate of drug-likeness (QED) is 0.648. The summed E-state index contributed by atoms with van der Waals surface area (Å²) in [6, 6.07) is 0.477. The molecule has 0 saturated heterocycles. The Morgan fingerprint density at radius 2 is 2.24 bits per heavy atom. The fraction of sp³-hybridized carbons (Fsp3) is 0.545. The molecule has 1 aliphatic carbocycles. The van der Waals surface area contributed by atoms with Crippen molar-refractivity contribution in [1.29, 1.82) is 0 Å². The van der Waals surface area contributed by atoms with Crippen molar-refractivity contribution in [3.8, 4) is 0 Å². The van der Waals surface area contributed by atoms with Crippen molar-refractivity contribution >= 4 is 10.0 Å². The van der Waals surface area contributed by atoms with Crippen molar-refractivity contribution in [2.24, 2.45) is 0 Å². The van der Waals surface area contributed by atoms with E-state index in [1.165, 1.54) is 0 Å². The lowest BCUT2D eigenvalue weighted by molar-refractivity contribution is 0.409. The number of nitrogens with one attached hydrogen (secondary N) is 3. The number of aryl methyl sites for hydroxylation is 1. The van der Waals surface area contributed by atoms with Crippen LogP contribution in [0.25, 0.3) is 0 Å². The maximum Gasteiger partial charge on any atom is 0.244 e. The van der Waals surface area contributed by atoms with E-state index in [1.807, 2.05) is 0 Å². The van der Waals surface area contributed by atoms with Crippen LogP contribution in [0.1, 0.15) is 30.1 Å². The second-order valence-corrected chi connectivity index (χ2v) is 6.66. The summed E-state index contributed by atoms with van der Waals surface area (Å²) in [5, 5.41) is 13.6. The van der Waals surface area contributed by atoms with Crippen LogP contribution in [0.3, 0.4) is 0 Å². The minimum absolute atomic E-state index is 0.0288. The Morgan fingerprint density at radius 1 is 1.43 bits per heavy atom. The molecule has 2 heterocycles. The average molecular weight is 312 g/mol. The fourth-order valence-electron chi connectivity index (χ4n) is 1.98. The van der Waals surface area contributed by atoms with E-state index in [0.717, 1.165) is 19.2 Å². The topological polar surface area (TPSA) is 126 Å². The summed E-state index contributed by atoms with van der Waals surface area (Å²) >= 11 is 0. The Morgan fingerprint density at radius 3 is 2.90 bits per heavy atom. The zero-order valence-electron chi connectivity index (χ0n) is 11.5. The van der Waals surface area contributed by atoms with E-state index in [0.29, 0.717) is 24.0 Å². The standard InChI is InChI=1S/C11H16N6O3S/c1-7-11(9(16-15-7)4-12-8-2-3-8)21(18,19)14-5-10-13-6-20-17-10/h6,8,12,14H,2-5H2,1H3,(H,15,16). The first kappa shape index (κ1) is 14.2. The van der Waals surface area contributed by atoms with Crippen molar-refractivity contribution in [2.45, 2.75) is 43.8 Å². The molecule has 0 atom stereocenters. The molecule has 0 radical (unpaired) electrons. The molecule has 3 N–H and O–H groups in total. The smallest absolute Gasteiger partial charge is 0.244 e. The van der Waals surface area contributed by atoms with E-state index < -0.39 is 10.0 Å². The number of nitrogens with zero attached hydrogens (tertiary/aromatic N) is 3. The Hall–Kier alpha value is -1.78. The van der Waals surface area contributed by atoms with Gasteiger partial charge in [0.2, 0.25) is 16.4 Å². The zero-order valence-corrected chi connectivity index (χ0v) is 12.3. The summed E-state index contributed by atoms with van der Waals surface area (Å²) in [6.45, 7) is 2.07. The predicted octanol–water partition coefficient (Wildman–Crippen LogP) is -0.168. The highest BCUT2D eigenvalue weighted by Gasteiger charge is 2.26. The van der Waals surface area contributed by atoms with Gasteiger partial charge < -0.3 is 9.84 Å². The van der Waals surface area contributed by atoms with Crippen LogP contribution in [0.15, 0.2) is 15.8 Å². The van der Waals surface area contributed by atoms with Crippen LogP contribution in [0, 0.1) is 6.92 Å². The van der Waals surface area contributed by atoms with Gasteiger partial charge in [0.15, 0.2) is 5.82 Å². The minimum Gasteiger partial charge on any atom is -0.343 e. The van der Waals surface area contributed by atoms with E-state index >= 15 is 0 Å². The molecule has 114 valence electrons. The van der Waals surface area contributed by atoms with Crippen LogP contribution >= 0.6 is 0 Å². The lowest BCUT2D eigenvalue weighted by Crippen LogP contribution is -2.26. The molecule has 0 spiro atoms. The van der Waals surface area contributed by atoms with Crippen LogP contribution in [0.4, 0.5) is 0 Å². The molecule has 10 heteroatoms. The second kappa shape index (κ2) is 5.54. The van der Waals surface area contributed by atoms with Gasteiger partial charge in [-0.15, -0.1) is 0 Å². The molecule has 0 bridgehead atoms. The summed E-state index contributed by atoms with van der Waals surface area (Å²) in [4.78, 5) is 3.95. The van der Waals surface area contributed by atoms with Gasteiger partial charge >= 0.3 is 0 Å². The largest absolute Gasteiger partial charge is 0.343 e. The summed E-state index contributed by atoms with van der Waals surface area (Å²) < 4.78 is 31.8. The molecule has 3 rings (SSSR count). The molecule has 2 aromatic heterocycles. The number of hydrogen-bond donors (Lipinski definition) is 3. The first-order chi connectivity index (χ1) is 10.1. The number of H-pyrrole nitrogens is 1. The zero-order chi connectivity index (χ0) is 14.9. The number of rotatable bonds is 7. The van der Waals surface area contributed by atoms with Crippen LogP contribution < -0.4 is 10.0 Å². The van der Waals surface area contributed by atoms with E-state index in [9.17, 15) is 8.42 Å². The molecule has 0 aliphatic heterocycles. The highest BCUT2D eigenvalue weighted by molar-refractivity contribution is 7.89. The third-order valence-electron chi connectivity index (χ3n) is 3.19. The summed E-state index contributed by atoms with van der Waals surface area (Å²) in [7, 11) is -3.69. The summed E-state index contributed by atoms with van der Waals surface area (Å²) in [5.41, 5.74) is 0.989. The van der Waals surface area contributed by atoms with Gasteiger partial charge in [0.1, 0.15) is 4.90 Å². The van der Waals surface area contributed by atoms with Gasteiger partial charge in [0.25, 0.3) is 0 Å². The van der Waals surface area contributed by atoms with Crippen LogP contribution in [0.5, 0.6) is 0 Å². The van der Waals surface area contributed by atoms with Crippen LogP contribution in [-0.2, 0) is 23.1 Å². The molecule has 2 aromatic rings. The Kier molecular flexibility index (Phi) is 3.74. The molecule has 0 amide bonds. The van der Waals surface area contributed by atoms with Crippen LogP contribution in [0.2, 0.25) is 0 Å². The predicted molar refractivity (Wildman–Crippen MR) is 71.5 cm³/mol. The lowest BCUT2D eigenvalue weighted by Gasteiger charge is -2.07. The number of sulfonamides is 1. The molecule has 1 saturated carbocycles. The van der Waals surface area contributed by atoms with Crippen LogP contribution in [-0.4, -0.2) is 34.8 Å². The van der Waals surface area contributed by atoms with Gasteiger partial charge in [-0.05, 0) is 19.8 Å². The Balaban J connectivity index is 1.75. The first-order valence-electron chi connectivity index (χ1n) is 6.58. The lowest BCUT2D eigenvalue weighted by atomic mass is 10.3. The molecule has 0 aromatic carbocycles. The van der Waals surface area contributed by atoms with Gasteiger partial charge in [-0.3, -0.25) is 5.10 Å². The maximum absolute atomic E-state index is 12.4. The van der Waals surface area contributed by atoms with E-state index in [2.05, 4.69) is 34.9 Å². The normalized spacial score (nSPS) is 15.5. The number of aromatic nitrogens is 4. The summed E-state index contributed by atoms with van der Waals surface area (Å²) in [6.07, 6.45) is 3.40. The fourth-order valence-corrected chi connectivity index (χ4v) is 3.32. The highest BCUT2D eigenvalue weighted by Crippen LogP contribution is 2.22. The number of hydrogen-bond acceptors (Lipinski definition) is 7. The third-order valence-corrected chi connectivity index (χ3v) is 4.80. The van der Waals surface area contributed by atoms with Gasteiger partial charge in [0, 0.05) is 12.6 Å². The van der Waals surface area contributed by atoms with Crippen molar-refractivity contribution in [2.75, 3.05) is 0 Å². The van der Waals surface area contributed by atoms with E-state index in [-0.39, 0.29) is 17.3 Å². The average Bonchev–Trinajstić information content (AvgIpc) is 2.97. The number of aromatic amines is 1. The van der Waals surface area contributed by atoms with Gasteiger partial charge in [-0.25, -0.2) is 13.1 Å². The molecule has 21 heavy (non-hydrogen) atoms. The molecule has 1 aliphatic rings. The van der Waals surface area contributed by atoms with E-state index in [4.69, 9.17) is 0 Å². The van der Waals surface area contributed by atoms with Gasteiger partial charge in [-0.1, -0.05) is 5.16 Å². The molecular weight excluding hydrogens is 296 g/mol. The minimum atomic E-state index is -3.69. The molecule has 9 nitrogen and oxygen atoms in total. The van der Waals surface area contributed by atoms with Crippen molar-refractivity contribution in [3.63, 3.8) is 0 Å². The van der Waals surface area contributed by atoms with Crippen molar-refractivity contribution < 1.29 is 12.9 Å². The van der Waals surface area contributed by atoms with Gasteiger partial charge in [0.05, 0.1) is 17.9 Å². The molecule has 0 unspecified atom stereocenters. The van der Waals surface area contributed by atoms with E-state index in [1.54, 1.807) is 6.92 Å². The second-order valence-electron chi connectivity index (χ2n) is 4.95. The van der Waals surface area contributed by atoms with Crippen molar-refractivity contribution in [1.82, 2.24) is 30.4 Å². The first-order valence-corrected chi connectivity index (χ1v) is 8.07. The third kappa shape index (κ3) is 3.28. The molecular formula is C11H16N6O3S. The Labute approximate surface area is 121 Å². The maximum atomic E-state index is 12.4. The monoisotopic (exact) mass is 312 g/mol.